The molecule has 106 valence electrons. The summed E-state index contributed by atoms with van der Waals surface area (Å²) in [6.07, 6.45) is 4.01. The molecule has 1 amide bonds. The van der Waals surface area contributed by atoms with Crippen molar-refractivity contribution in [3.8, 4) is 0 Å². The molecule has 0 aromatic heterocycles. The fourth-order valence-corrected chi connectivity index (χ4v) is 4.59. The Morgan fingerprint density at radius 3 is 2.90 bits per heavy atom. The second kappa shape index (κ2) is 4.46. The molecule has 4 rings (SSSR count). The lowest BCUT2D eigenvalue weighted by Crippen LogP contribution is -2.32. The highest BCUT2D eigenvalue weighted by atomic mass is 79.9. The highest BCUT2D eigenvalue weighted by Gasteiger charge is 2.39. The predicted molar refractivity (Wildman–Crippen MR) is 83.0 cm³/mol. The molecule has 2 N–H and O–H groups in total. The molecule has 4 nitrogen and oxygen atoms in total. The van der Waals surface area contributed by atoms with E-state index >= 15 is 0 Å². The molecule has 2 heterocycles. The molecular weight excluding hydrogens is 318 g/mol. The number of carbonyl (C=O) groups is 1. The number of hydrogen-bond donors (Lipinski definition) is 2. The number of fused-ring (bicyclic) bond motifs is 3. The summed E-state index contributed by atoms with van der Waals surface area (Å²) in [6, 6.07) is 4.68. The first-order valence-corrected chi connectivity index (χ1v) is 8.05. The number of piperidine rings is 1. The highest BCUT2D eigenvalue weighted by molar-refractivity contribution is 9.10. The van der Waals surface area contributed by atoms with E-state index in [1.54, 1.807) is 0 Å². The molecule has 2 fully saturated rings. The van der Waals surface area contributed by atoms with Crippen LogP contribution in [0.2, 0.25) is 0 Å². The van der Waals surface area contributed by atoms with Crippen LogP contribution < -0.4 is 15.5 Å². The average Bonchev–Trinajstić information content (AvgIpc) is 3.10. The van der Waals surface area contributed by atoms with Gasteiger partial charge in [0.05, 0.1) is 5.69 Å². The monoisotopic (exact) mass is 335 g/mol. The van der Waals surface area contributed by atoms with E-state index in [0.29, 0.717) is 6.04 Å². The summed E-state index contributed by atoms with van der Waals surface area (Å²) in [5.74, 6) is 0.897. The van der Waals surface area contributed by atoms with Gasteiger partial charge in [-0.1, -0.05) is 0 Å². The van der Waals surface area contributed by atoms with Crippen LogP contribution in [0.3, 0.4) is 0 Å². The van der Waals surface area contributed by atoms with Gasteiger partial charge < -0.3 is 15.5 Å². The van der Waals surface area contributed by atoms with Crippen molar-refractivity contribution in [2.75, 3.05) is 23.8 Å². The molecule has 1 saturated heterocycles. The minimum Gasteiger partial charge on any atom is -0.367 e. The lowest BCUT2D eigenvalue weighted by Gasteiger charge is -2.30. The van der Waals surface area contributed by atoms with Gasteiger partial charge in [-0.2, -0.15) is 0 Å². The summed E-state index contributed by atoms with van der Waals surface area (Å²) in [6.45, 7) is 1.16. The largest absolute Gasteiger partial charge is 0.367 e. The topological polar surface area (TPSA) is 44.4 Å². The Balaban J connectivity index is 1.73. The SMILES string of the molecule is CNC1C(=O)Nc2cc(N3CC4CCC3C4)c(Br)cc21. The van der Waals surface area contributed by atoms with Crippen molar-refractivity contribution in [1.82, 2.24) is 5.32 Å². The molecule has 1 aromatic rings. The van der Waals surface area contributed by atoms with Crippen LogP contribution in [0, 0.1) is 5.92 Å². The Morgan fingerprint density at radius 1 is 1.40 bits per heavy atom. The van der Waals surface area contributed by atoms with Crippen molar-refractivity contribution >= 4 is 33.2 Å². The van der Waals surface area contributed by atoms with Gasteiger partial charge in [-0.05, 0) is 60.3 Å². The standard InChI is InChI=1S/C15H18BrN3O/c1-17-14-10-5-11(16)13(6-12(10)18-15(14)20)19-7-8-2-3-9(19)4-8/h5-6,8-9,14,17H,2-4,7H2,1H3,(H,18,20). The molecule has 3 atom stereocenters. The summed E-state index contributed by atoms with van der Waals surface area (Å²) < 4.78 is 1.10. The lowest BCUT2D eigenvalue weighted by atomic mass is 10.1. The normalized spacial score (nSPS) is 30.8. The van der Waals surface area contributed by atoms with Crippen LogP contribution in [0.15, 0.2) is 16.6 Å². The van der Waals surface area contributed by atoms with Gasteiger partial charge in [-0.25, -0.2) is 0 Å². The van der Waals surface area contributed by atoms with Gasteiger partial charge in [-0.15, -0.1) is 0 Å². The van der Waals surface area contributed by atoms with Crippen molar-refractivity contribution in [3.05, 3.63) is 22.2 Å². The van der Waals surface area contributed by atoms with Gasteiger partial charge in [0.1, 0.15) is 6.04 Å². The summed E-state index contributed by atoms with van der Waals surface area (Å²) >= 11 is 3.70. The zero-order chi connectivity index (χ0) is 13.9. The number of halogens is 1. The van der Waals surface area contributed by atoms with Crippen LogP contribution in [0.25, 0.3) is 0 Å². The third-order valence-electron chi connectivity index (χ3n) is 4.96. The van der Waals surface area contributed by atoms with Gasteiger partial charge in [0, 0.05) is 28.3 Å². The van der Waals surface area contributed by atoms with E-state index in [9.17, 15) is 4.79 Å². The van der Waals surface area contributed by atoms with Crippen molar-refractivity contribution in [1.29, 1.82) is 0 Å². The molecule has 1 aliphatic carbocycles. The van der Waals surface area contributed by atoms with E-state index in [0.717, 1.165) is 28.2 Å². The Kier molecular flexibility index (Phi) is 2.82. The molecule has 1 saturated carbocycles. The lowest BCUT2D eigenvalue weighted by molar-refractivity contribution is -0.117. The second-order valence-corrected chi connectivity index (χ2v) is 6.94. The Labute approximate surface area is 127 Å². The van der Waals surface area contributed by atoms with Crippen molar-refractivity contribution in [3.63, 3.8) is 0 Å². The van der Waals surface area contributed by atoms with E-state index in [1.807, 2.05) is 7.05 Å². The van der Waals surface area contributed by atoms with Gasteiger partial charge in [0.2, 0.25) is 5.91 Å². The van der Waals surface area contributed by atoms with E-state index in [-0.39, 0.29) is 11.9 Å². The minimum atomic E-state index is -0.231. The maximum absolute atomic E-state index is 11.9. The number of nitrogens with zero attached hydrogens (tertiary/aromatic N) is 1. The number of rotatable bonds is 2. The maximum Gasteiger partial charge on any atom is 0.246 e. The molecule has 1 aromatic carbocycles. The molecule has 3 aliphatic rings. The third kappa shape index (κ3) is 1.72. The van der Waals surface area contributed by atoms with Crippen LogP contribution in [-0.2, 0) is 4.79 Å². The first-order valence-electron chi connectivity index (χ1n) is 7.25. The number of anilines is 2. The summed E-state index contributed by atoms with van der Waals surface area (Å²) in [7, 11) is 1.82. The summed E-state index contributed by atoms with van der Waals surface area (Å²) in [5.41, 5.74) is 3.22. The summed E-state index contributed by atoms with van der Waals surface area (Å²) in [5, 5.41) is 6.05. The number of nitrogens with one attached hydrogen (secondary N) is 2. The Bertz CT molecular complexity index is 589. The molecule has 2 aliphatic heterocycles. The van der Waals surface area contributed by atoms with E-state index in [2.05, 4.69) is 43.6 Å². The van der Waals surface area contributed by atoms with E-state index in [1.165, 1.54) is 24.9 Å². The van der Waals surface area contributed by atoms with Gasteiger partial charge in [-0.3, -0.25) is 4.79 Å². The van der Waals surface area contributed by atoms with Crippen LogP contribution >= 0.6 is 15.9 Å². The first kappa shape index (κ1) is 12.7. The fraction of sp³-hybridized carbons (Fsp3) is 0.533. The van der Waals surface area contributed by atoms with Crippen molar-refractivity contribution < 1.29 is 4.79 Å². The number of likely N-dealkylation sites (N-methyl/N-ethyl adjacent to an activating group) is 1. The Hall–Kier alpha value is -1.07. The van der Waals surface area contributed by atoms with Gasteiger partial charge >= 0.3 is 0 Å². The molecule has 3 unspecified atom stereocenters. The number of amides is 1. The van der Waals surface area contributed by atoms with Crippen LogP contribution in [0.4, 0.5) is 11.4 Å². The fourth-order valence-electron chi connectivity index (χ4n) is 4.00. The number of benzene rings is 1. The molecule has 0 spiro atoms. The molecule has 2 bridgehead atoms. The van der Waals surface area contributed by atoms with Gasteiger partial charge in [0.25, 0.3) is 0 Å². The molecule has 0 radical (unpaired) electrons. The molecular formula is C15H18BrN3O. The van der Waals surface area contributed by atoms with E-state index in [4.69, 9.17) is 0 Å². The van der Waals surface area contributed by atoms with Crippen LogP contribution in [0.5, 0.6) is 0 Å². The maximum atomic E-state index is 11.9. The number of hydrogen-bond acceptors (Lipinski definition) is 3. The first-order chi connectivity index (χ1) is 9.67. The molecule has 20 heavy (non-hydrogen) atoms. The van der Waals surface area contributed by atoms with E-state index < -0.39 is 0 Å². The average molecular weight is 336 g/mol. The smallest absolute Gasteiger partial charge is 0.246 e. The van der Waals surface area contributed by atoms with Crippen molar-refractivity contribution in [2.45, 2.75) is 31.3 Å². The highest BCUT2D eigenvalue weighted by Crippen LogP contribution is 2.45. The number of carbonyl (C=O) groups excluding carboxylic acids is 1. The quantitative estimate of drug-likeness (QED) is 0.873. The Morgan fingerprint density at radius 2 is 2.25 bits per heavy atom. The zero-order valence-electron chi connectivity index (χ0n) is 11.4. The van der Waals surface area contributed by atoms with Gasteiger partial charge in [0.15, 0.2) is 0 Å². The minimum absolute atomic E-state index is 0.0366. The predicted octanol–water partition coefficient (Wildman–Crippen LogP) is 2.65. The summed E-state index contributed by atoms with van der Waals surface area (Å²) in [4.78, 5) is 14.4. The third-order valence-corrected chi connectivity index (χ3v) is 5.59. The zero-order valence-corrected chi connectivity index (χ0v) is 13.0. The van der Waals surface area contributed by atoms with Crippen molar-refractivity contribution in [2.24, 2.45) is 5.92 Å². The molecule has 5 heteroatoms. The van der Waals surface area contributed by atoms with Crippen LogP contribution in [0.1, 0.15) is 30.9 Å². The second-order valence-electron chi connectivity index (χ2n) is 6.09. The van der Waals surface area contributed by atoms with Crippen LogP contribution in [-0.4, -0.2) is 25.5 Å².